The molecule has 1 aliphatic carbocycles. The number of esters is 1. The van der Waals surface area contributed by atoms with Crippen molar-refractivity contribution >= 4 is 35.0 Å². The van der Waals surface area contributed by atoms with Crippen LogP contribution in [0.25, 0.3) is 11.6 Å². The van der Waals surface area contributed by atoms with Crippen LogP contribution in [0, 0.1) is 11.8 Å². The third-order valence-electron chi connectivity index (χ3n) is 6.69. The number of nitrogens with one attached hydrogen (secondary N) is 2. The lowest BCUT2D eigenvalue weighted by Crippen LogP contribution is -2.12. The molecular formula is C30H34N2O4. The van der Waals surface area contributed by atoms with Gasteiger partial charge in [0.05, 0.1) is 12.2 Å². The topological polar surface area (TPSA) is 88.3 Å². The minimum Gasteiger partial charge on any atom is -0.466 e. The molecule has 0 fully saturated rings. The molecule has 4 rings (SSSR count). The molecule has 1 aromatic carbocycles. The number of fused-ring (bicyclic) bond motifs is 2. The second-order valence-corrected chi connectivity index (χ2v) is 9.34. The molecule has 0 atom stereocenters. The minimum absolute atomic E-state index is 0.0868. The van der Waals surface area contributed by atoms with Crippen LogP contribution in [-0.4, -0.2) is 29.3 Å². The number of aromatic nitrogens is 1. The molecule has 0 bridgehead atoms. The fraction of sp³-hybridized carbons (Fsp3) is 0.433. The number of ether oxygens (including phenoxy) is 1. The molecule has 0 saturated heterocycles. The SMILES string of the molecule is CCCCCCC#Cc1ccc2c(c1)/C(=C/c1[nH]c3c(c1CCC(=O)OCC)C(=O)CCC3)C(=O)N2. The zero-order valence-electron chi connectivity index (χ0n) is 21.2. The molecule has 0 unspecified atom stereocenters. The summed E-state index contributed by atoms with van der Waals surface area (Å²) >= 11 is 0. The summed E-state index contributed by atoms with van der Waals surface area (Å²) in [6, 6.07) is 5.77. The van der Waals surface area contributed by atoms with Crippen LogP contribution in [-0.2, 0) is 27.2 Å². The highest BCUT2D eigenvalue weighted by Gasteiger charge is 2.29. The lowest BCUT2D eigenvalue weighted by atomic mass is 9.91. The van der Waals surface area contributed by atoms with Gasteiger partial charge < -0.3 is 15.0 Å². The summed E-state index contributed by atoms with van der Waals surface area (Å²) in [7, 11) is 0. The van der Waals surface area contributed by atoms with Gasteiger partial charge in [-0.2, -0.15) is 0 Å². The summed E-state index contributed by atoms with van der Waals surface area (Å²) in [6.07, 6.45) is 10.0. The van der Waals surface area contributed by atoms with Gasteiger partial charge in [-0.05, 0) is 62.4 Å². The van der Waals surface area contributed by atoms with Gasteiger partial charge in [-0.3, -0.25) is 14.4 Å². The zero-order chi connectivity index (χ0) is 25.5. The molecule has 2 heterocycles. The van der Waals surface area contributed by atoms with Gasteiger partial charge in [0.2, 0.25) is 0 Å². The van der Waals surface area contributed by atoms with Crippen molar-refractivity contribution in [3.63, 3.8) is 0 Å². The van der Waals surface area contributed by atoms with Crippen molar-refractivity contribution in [2.45, 2.75) is 78.1 Å². The molecule has 0 spiro atoms. The standard InChI is InChI=1S/C30H34N2O4/c1-3-5-6-7-8-9-11-20-14-16-24-22(18-20)23(30(35)32-24)19-26-21(15-17-28(34)36-4-2)29-25(31-26)12-10-13-27(29)33/h14,16,18-19,31H,3-8,10,12-13,15,17H2,1-2H3,(H,32,35)/b23-19-. The molecule has 0 saturated carbocycles. The van der Waals surface area contributed by atoms with E-state index in [0.29, 0.717) is 36.3 Å². The molecule has 36 heavy (non-hydrogen) atoms. The molecule has 2 aliphatic rings. The molecule has 6 nitrogen and oxygen atoms in total. The van der Waals surface area contributed by atoms with E-state index in [-0.39, 0.29) is 24.1 Å². The first-order valence-electron chi connectivity index (χ1n) is 13.1. The first kappa shape index (κ1) is 25.5. The molecule has 2 N–H and O–H groups in total. The predicted octanol–water partition coefficient (Wildman–Crippen LogP) is 5.84. The van der Waals surface area contributed by atoms with E-state index in [1.807, 2.05) is 24.3 Å². The van der Waals surface area contributed by atoms with E-state index < -0.39 is 0 Å². The van der Waals surface area contributed by atoms with Crippen LogP contribution in [0.5, 0.6) is 0 Å². The number of anilines is 1. The Hall–Kier alpha value is -3.59. The van der Waals surface area contributed by atoms with Gasteiger partial charge in [0.25, 0.3) is 5.91 Å². The fourth-order valence-corrected chi connectivity index (χ4v) is 4.89. The number of amides is 1. The van der Waals surface area contributed by atoms with Gasteiger partial charge >= 0.3 is 5.97 Å². The van der Waals surface area contributed by atoms with E-state index in [1.54, 1.807) is 6.92 Å². The van der Waals surface area contributed by atoms with Crippen molar-refractivity contribution in [3.8, 4) is 11.8 Å². The number of unbranched alkanes of at least 4 members (excludes halogenated alkanes) is 4. The van der Waals surface area contributed by atoms with Gasteiger partial charge in [0, 0.05) is 53.0 Å². The number of H-pyrrole nitrogens is 1. The van der Waals surface area contributed by atoms with Crippen LogP contribution >= 0.6 is 0 Å². The third kappa shape index (κ3) is 5.79. The first-order valence-corrected chi connectivity index (χ1v) is 13.1. The van der Waals surface area contributed by atoms with Gasteiger partial charge in [0.1, 0.15) is 0 Å². The minimum atomic E-state index is -0.295. The molecular weight excluding hydrogens is 452 g/mol. The van der Waals surface area contributed by atoms with Crippen LogP contribution in [0.3, 0.4) is 0 Å². The molecule has 1 aromatic heterocycles. The number of carbonyl (C=O) groups excluding carboxylic acids is 3. The zero-order valence-corrected chi connectivity index (χ0v) is 21.2. The summed E-state index contributed by atoms with van der Waals surface area (Å²) in [5, 5.41) is 2.93. The Bertz CT molecular complexity index is 1260. The summed E-state index contributed by atoms with van der Waals surface area (Å²) < 4.78 is 5.09. The van der Waals surface area contributed by atoms with E-state index in [2.05, 4.69) is 29.1 Å². The van der Waals surface area contributed by atoms with Gasteiger partial charge in [0.15, 0.2) is 5.78 Å². The normalized spacial score (nSPS) is 15.2. The van der Waals surface area contributed by atoms with E-state index in [0.717, 1.165) is 53.8 Å². The Labute approximate surface area is 212 Å². The van der Waals surface area contributed by atoms with Crippen molar-refractivity contribution in [1.29, 1.82) is 0 Å². The molecule has 6 heteroatoms. The lowest BCUT2D eigenvalue weighted by Gasteiger charge is -2.11. The second-order valence-electron chi connectivity index (χ2n) is 9.34. The maximum atomic E-state index is 12.9. The highest BCUT2D eigenvalue weighted by atomic mass is 16.5. The van der Waals surface area contributed by atoms with E-state index in [1.165, 1.54) is 19.3 Å². The number of rotatable bonds is 9. The molecule has 2 aromatic rings. The maximum absolute atomic E-state index is 12.9. The van der Waals surface area contributed by atoms with E-state index in [9.17, 15) is 14.4 Å². The second kappa shape index (κ2) is 11.9. The van der Waals surface area contributed by atoms with Crippen molar-refractivity contribution in [3.05, 3.63) is 51.8 Å². The number of Topliss-reactive ketones (excluding diaryl/α,β-unsaturated/α-hetero) is 1. The summed E-state index contributed by atoms with van der Waals surface area (Å²) in [5.74, 6) is 6.08. The highest BCUT2D eigenvalue weighted by molar-refractivity contribution is 6.35. The number of aromatic amines is 1. The Morgan fingerprint density at radius 1 is 1.14 bits per heavy atom. The number of carbonyl (C=O) groups is 3. The molecule has 1 amide bonds. The largest absolute Gasteiger partial charge is 0.466 e. The maximum Gasteiger partial charge on any atom is 0.306 e. The monoisotopic (exact) mass is 486 g/mol. The van der Waals surface area contributed by atoms with Crippen molar-refractivity contribution in [2.75, 3.05) is 11.9 Å². The van der Waals surface area contributed by atoms with Gasteiger partial charge in [-0.25, -0.2) is 0 Å². The summed E-state index contributed by atoms with van der Waals surface area (Å²) in [4.78, 5) is 41.1. The Kier molecular flexibility index (Phi) is 8.43. The highest BCUT2D eigenvalue weighted by Crippen LogP contribution is 2.36. The predicted molar refractivity (Wildman–Crippen MR) is 142 cm³/mol. The van der Waals surface area contributed by atoms with Crippen molar-refractivity contribution in [2.24, 2.45) is 0 Å². The van der Waals surface area contributed by atoms with Crippen LogP contribution in [0.4, 0.5) is 5.69 Å². The quantitative estimate of drug-likeness (QED) is 0.202. The third-order valence-corrected chi connectivity index (χ3v) is 6.69. The number of benzene rings is 1. The molecule has 188 valence electrons. The smallest absolute Gasteiger partial charge is 0.306 e. The molecule has 0 radical (unpaired) electrons. The Morgan fingerprint density at radius 2 is 2.00 bits per heavy atom. The number of hydrogen-bond acceptors (Lipinski definition) is 4. The number of aryl methyl sites for hydroxylation is 1. The van der Waals surface area contributed by atoms with Crippen LogP contribution < -0.4 is 5.32 Å². The van der Waals surface area contributed by atoms with Gasteiger partial charge in [-0.1, -0.05) is 38.0 Å². The van der Waals surface area contributed by atoms with Crippen LogP contribution in [0.15, 0.2) is 18.2 Å². The van der Waals surface area contributed by atoms with Crippen LogP contribution in [0.1, 0.15) is 104 Å². The number of ketones is 1. The van der Waals surface area contributed by atoms with Gasteiger partial charge in [-0.15, -0.1) is 0 Å². The van der Waals surface area contributed by atoms with Crippen molar-refractivity contribution < 1.29 is 19.1 Å². The molecule has 1 aliphatic heterocycles. The first-order chi connectivity index (χ1) is 17.5. The summed E-state index contributed by atoms with van der Waals surface area (Å²) in [5.41, 5.74) is 6.02. The average Bonchev–Trinajstić information content (AvgIpc) is 3.37. The Morgan fingerprint density at radius 3 is 2.81 bits per heavy atom. The van der Waals surface area contributed by atoms with E-state index >= 15 is 0 Å². The van der Waals surface area contributed by atoms with E-state index in [4.69, 9.17) is 4.74 Å². The summed E-state index contributed by atoms with van der Waals surface area (Å²) in [6.45, 7) is 4.29. The lowest BCUT2D eigenvalue weighted by molar-refractivity contribution is -0.143. The fourth-order valence-electron chi connectivity index (χ4n) is 4.89. The van der Waals surface area contributed by atoms with Crippen molar-refractivity contribution in [1.82, 2.24) is 4.98 Å². The van der Waals surface area contributed by atoms with Crippen LogP contribution in [0.2, 0.25) is 0 Å². The Balaban J connectivity index is 1.64. The average molecular weight is 487 g/mol. The number of hydrogen-bond donors (Lipinski definition) is 2.